The summed E-state index contributed by atoms with van der Waals surface area (Å²) in [6.07, 6.45) is 0. The third-order valence-electron chi connectivity index (χ3n) is 18.9. The van der Waals surface area contributed by atoms with E-state index in [2.05, 4.69) is 193 Å². The van der Waals surface area contributed by atoms with E-state index < -0.39 is 8.07 Å². The predicted octanol–water partition coefficient (Wildman–Crippen LogP) is 14.4. The fourth-order valence-electron chi connectivity index (χ4n) is 14.6. The molecule has 19 aromatic rings. The Labute approximate surface area is 571 Å². The number of hydrogen-bond acceptors (Lipinski definition) is 11. The molecule has 468 valence electrons. The molecule has 1 aliphatic heterocycles. The van der Waals surface area contributed by atoms with Gasteiger partial charge in [0, 0.05) is 39.6 Å². The lowest BCUT2D eigenvalue weighted by atomic mass is 10.2. The van der Waals surface area contributed by atoms with Crippen LogP contribution in [0.4, 0.5) is 0 Å². The average molecular weight is 1300 g/mol. The third-order valence-corrected chi connectivity index (χ3v) is 23.5. The predicted molar refractivity (Wildman–Crippen MR) is 396 cm³/mol. The monoisotopic (exact) mass is 1300 g/mol. The van der Waals surface area contributed by atoms with Gasteiger partial charge in [-0.2, -0.15) is 0 Å². The summed E-state index contributed by atoms with van der Waals surface area (Å²) >= 11 is 0. The van der Waals surface area contributed by atoms with Crippen molar-refractivity contribution in [1.82, 2.24) is 77.7 Å². The molecule has 0 saturated heterocycles. The van der Waals surface area contributed by atoms with Gasteiger partial charge in [0.2, 0.25) is 31.4 Å². The van der Waals surface area contributed by atoms with E-state index in [0.29, 0.717) is 58.2 Å². The van der Waals surface area contributed by atoms with Crippen LogP contribution < -0.4 is 21.0 Å². The molecule has 0 bridgehead atoms. The Morgan fingerprint density at radius 1 is 0.210 bits per heavy atom. The van der Waals surface area contributed by atoms with Crippen molar-refractivity contribution in [3.63, 3.8) is 0 Å². The Morgan fingerprint density at radius 2 is 0.490 bits per heavy atom. The zero-order valence-corrected chi connectivity index (χ0v) is 54.2. The first-order valence-corrected chi connectivity index (χ1v) is 35.0. The number of aromatic nitrogens is 16. The van der Waals surface area contributed by atoms with Crippen LogP contribution in [-0.4, -0.2) is 85.7 Å². The van der Waals surface area contributed by atoms with E-state index in [1.807, 2.05) is 146 Å². The molecule has 0 N–H and O–H groups in total. The summed E-state index contributed by atoms with van der Waals surface area (Å²) in [6.45, 7) is 0. The van der Waals surface area contributed by atoms with E-state index in [1.165, 1.54) is 0 Å². The van der Waals surface area contributed by atoms with Crippen molar-refractivity contribution < 1.29 is 0 Å². The molecule has 0 atom stereocenters. The maximum Gasteiger partial charge on any atom is 0.226 e. The Balaban J connectivity index is 0.835. The van der Waals surface area contributed by atoms with Gasteiger partial charge >= 0.3 is 0 Å². The molecule has 12 aromatic carbocycles. The highest BCUT2D eigenvalue weighted by atomic mass is 28.3. The standard InChI is InChI=1S/C83H52N16Si/c1-5-29-55(30-6-1)95-66-44-18-13-39-61(66)84-79(95)75-89-73(90-76(93-75)80-85-62-40-14-19-45-67(62)96(80)56-31-7-2-8-32-56)53-27-25-37-59(51-53)100(72-50-24-23-49-71(72)99-70-48-22-17-43-65(70)88-83(99)100)60-38-26-28-54(52-60)74-91-77(81-86-63-41-15-20-46-68(63)97(81)57-33-9-3-10-34-57)94-78(92-74)82-87-64-42-16-21-47-69(64)98(82)58-35-11-4-12-36-58/h1-52H. The van der Waals surface area contributed by atoms with Crippen LogP contribution in [0.5, 0.6) is 0 Å². The zero-order chi connectivity index (χ0) is 65.8. The minimum absolute atomic E-state index is 0.375. The first-order valence-electron chi connectivity index (χ1n) is 33.0. The second kappa shape index (κ2) is 22.7. The summed E-state index contributed by atoms with van der Waals surface area (Å²) in [4.78, 5) is 60.2. The Morgan fingerprint density at radius 3 is 0.840 bits per heavy atom. The van der Waals surface area contributed by atoms with Crippen molar-refractivity contribution in [2.45, 2.75) is 0 Å². The van der Waals surface area contributed by atoms with Crippen molar-refractivity contribution in [2.24, 2.45) is 0 Å². The number of benzene rings is 12. The quantitative estimate of drug-likeness (QED) is 0.107. The molecule has 100 heavy (non-hydrogen) atoms. The van der Waals surface area contributed by atoms with E-state index >= 15 is 0 Å². The van der Waals surface area contributed by atoms with Gasteiger partial charge in [-0.3, -0.25) is 22.8 Å². The summed E-state index contributed by atoms with van der Waals surface area (Å²) in [7, 11) is -3.61. The molecule has 20 rings (SSSR count). The first kappa shape index (κ1) is 56.6. The van der Waals surface area contributed by atoms with Crippen LogP contribution in [0.25, 0.3) is 153 Å². The number of fused-ring (bicyclic) bond motifs is 9. The molecule has 0 spiro atoms. The maximum absolute atomic E-state index is 5.77. The lowest BCUT2D eigenvalue weighted by molar-refractivity contribution is 0.981. The largest absolute Gasteiger partial charge is 0.299 e. The molecule has 0 fully saturated rings. The van der Waals surface area contributed by atoms with Crippen molar-refractivity contribution in [3.8, 4) is 97.8 Å². The summed E-state index contributed by atoms with van der Waals surface area (Å²) in [5.74, 6) is 4.58. The SMILES string of the molecule is c1ccc(-n2c(-c3nc(-c4cccc([Si]5(c6cccc(-c7nc(-c8nc9ccccc9n8-c8ccccc8)nc(-c8nc9ccccc9n8-c8ccccc8)n7)c6)c6ccccc6-n6c5nc5ccccc56)c4)nc(-c4nc5ccccc5n4-c4ccccc4)n3)nc3ccccc32)cc1. The molecule has 0 unspecified atom stereocenters. The van der Waals surface area contributed by atoms with Gasteiger partial charge in [0.25, 0.3) is 0 Å². The highest BCUT2D eigenvalue weighted by Crippen LogP contribution is 2.37. The fourth-order valence-corrected chi connectivity index (χ4v) is 19.6. The van der Waals surface area contributed by atoms with Crippen LogP contribution in [-0.2, 0) is 0 Å². The van der Waals surface area contributed by atoms with Gasteiger partial charge in [-0.05, 0) is 131 Å². The van der Waals surface area contributed by atoms with Crippen molar-refractivity contribution in [1.29, 1.82) is 0 Å². The summed E-state index contributed by atoms with van der Waals surface area (Å²) in [6, 6.07) is 108. The molecule has 8 heterocycles. The molecule has 16 nitrogen and oxygen atoms in total. The van der Waals surface area contributed by atoms with E-state index in [0.717, 1.165) is 116 Å². The van der Waals surface area contributed by atoms with Crippen molar-refractivity contribution in [2.75, 3.05) is 0 Å². The van der Waals surface area contributed by atoms with Gasteiger partial charge < -0.3 is 0 Å². The first-order chi connectivity index (χ1) is 49.6. The van der Waals surface area contributed by atoms with E-state index in [-0.39, 0.29) is 0 Å². The second-order valence-corrected chi connectivity index (χ2v) is 28.3. The Hall–Kier alpha value is -13.8. The molecular weight excluding hydrogens is 1250 g/mol. The Bertz CT molecular complexity index is 5840. The normalized spacial score (nSPS) is 12.5. The topological polar surface area (TPSA) is 166 Å². The number of hydrogen-bond donors (Lipinski definition) is 0. The minimum atomic E-state index is -3.61. The van der Waals surface area contributed by atoms with Gasteiger partial charge in [0.1, 0.15) is 5.45 Å². The lowest BCUT2D eigenvalue weighted by Crippen LogP contribution is -2.73. The lowest BCUT2D eigenvalue weighted by Gasteiger charge is -2.29. The molecule has 0 amide bonds. The van der Waals surface area contributed by atoms with Crippen LogP contribution in [0.15, 0.2) is 315 Å². The second-order valence-electron chi connectivity index (χ2n) is 24.7. The highest BCUT2D eigenvalue weighted by molar-refractivity contribution is 7.20. The van der Waals surface area contributed by atoms with Crippen molar-refractivity contribution >= 4 is 84.2 Å². The minimum Gasteiger partial charge on any atom is -0.299 e. The molecular formula is C83H52N16Si. The van der Waals surface area contributed by atoms with Crippen LogP contribution in [0, 0.1) is 0 Å². The summed E-state index contributed by atoms with van der Waals surface area (Å²) in [5, 5.41) is 3.25. The van der Waals surface area contributed by atoms with Crippen LogP contribution in [0.3, 0.4) is 0 Å². The fraction of sp³-hybridized carbons (Fsp3) is 0. The van der Waals surface area contributed by atoms with Gasteiger partial charge in [-0.1, -0.05) is 200 Å². The van der Waals surface area contributed by atoms with E-state index in [4.69, 9.17) is 54.8 Å². The van der Waals surface area contributed by atoms with Crippen molar-refractivity contribution in [3.05, 3.63) is 315 Å². The number of rotatable bonds is 12. The average Bonchev–Trinajstić information content (AvgIpc) is 1.53. The number of imidazole rings is 5. The molecule has 1 aliphatic rings. The molecule has 0 aliphatic carbocycles. The van der Waals surface area contributed by atoms with E-state index in [9.17, 15) is 0 Å². The third kappa shape index (κ3) is 8.89. The van der Waals surface area contributed by atoms with Gasteiger partial charge in [0.15, 0.2) is 34.9 Å². The van der Waals surface area contributed by atoms with Gasteiger partial charge in [0.05, 0.1) is 55.2 Å². The molecule has 0 radical (unpaired) electrons. The molecule has 7 aromatic heterocycles. The maximum atomic E-state index is 5.77. The van der Waals surface area contributed by atoms with Gasteiger partial charge in [-0.25, -0.2) is 54.8 Å². The van der Waals surface area contributed by atoms with Gasteiger partial charge in [-0.15, -0.1) is 0 Å². The van der Waals surface area contributed by atoms with Crippen LogP contribution in [0.2, 0.25) is 0 Å². The van der Waals surface area contributed by atoms with Crippen LogP contribution >= 0.6 is 0 Å². The number of para-hydroxylation sites is 15. The zero-order valence-electron chi connectivity index (χ0n) is 53.2. The summed E-state index contributed by atoms with van der Waals surface area (Å²) in [5.41, 5.74) is 15.9. The molecule has 17 heteroatoms. The highest BCUT2D eigenvalue weighted by Gasteiger charge is 2.52. The van der Waals surface area contributed by atoms with E-state index in [1.54, 1.807) is 0 Å². The Kier molecular flexibility index (Phi) is 12.8. The number of nitrogens with zero attached hydrogens (tertiary/aromatic N) is 16. The van der Waals surface area contributed by atoms with Crippen LogP contribution in [0.1, 0.15) is 0 Å². The molecule has 0 saturated carbocycles. The smallest absolute Gasteiger partial charge is 0.226 e. The summed E-state index contributed by atoms with van der Waals surface area (Å²) < 4.78 is 10.9.